The van der Waals surface area contributed by atoms with E-state index in [2.05, 4.69) is 0 Å². The first kappa shape index (κ1) is 10.3. The molecule has 3 nitrogen and oxygen atoms in total. The molecule has 3 heteroatoms. The summed E-state index contributed by atoms with van der Waals surface area (Å²) in [5.74, 6) is 2.69. The molecule has 0 spiro atoms. The van der Waals surface area contributed by atoms with Crippen LogP contribution in [0.1, 0.15) is 32.6 Å². The molecule has 1 saturated heterocycles. The SMILES string of the molecule is CC1CN(C(=O)C2CC3CC3C2)CCC1=O. The largest absolute Gasteiger partial charge is 0.341 e. The lowest BCUT2D eigenvalue weighted by Gasteiger charge is -2.32. The summed E-state index contributed by atoms with van der Waals surface area (Å²) in [6.45, 7) is 3.26. The lowest BCUT2D eigenvalue weighted by atomic mass is 9.95. The molecule has 16 heavy (non-hydrogen) atoms. The third-order valence-corrected chi connectivity index (χ3v) is 4.58. The number of nitrogens with zero attached hydrogens (tertiary/aromatic N) is 1. The molecule has 2 saturated carbocycles. The number of hydrogen-bond donors (Lipinski definition) is 0. The lowest BCUT2D eigenvalue weighted by Crippen LogP contribution is -2.45. The van der Waals surface area contributed by atoms with Gasteiger partial charge in [-0.05, 0) is 31.1 Å². The summed E-state index contributed by atoms with van der Waals surface area (Å²) in [4.78, 5) is 25.6. The Morgan fingerprint density at radius 3 is 2.56 bits per heavy atom. The maximum absolute atomic E-state index is 12.2. The third-order valence-electron chi connectivity index (χ3n) is 4.58. The molecule has 3 rings (SSSR count). The minimum Gasteiger partial charge on any atom is -0.341 e. The van der Waals surface area contributed by atoms with Crippen molar-refractivity contribution in [3.8, 4) is 0 Å². The van der Waals surface area contributed by atoms with E-state index in [0.717, 1.165) is 24.7 Å². The molecule has 1 aliphatic heterocycles. The fourth-order valence-corrected chi connectivity index (χ4v) is 3.39. The molecule has 0 bridgehead atoms. The molecule has 3 atom stereocenters. The van der Waals surface area contributed by atoms with Gasteiger partial charge in [0.1, 0.15) is 5.78 Å². The van der Waals surface area contributed by atoms with Gasteiger partial charge >= 0.3 is 0 Å². The number of carbonyl (C=O) groups is 2. The normalized spacial score (nSPS) is 42.1. The van der Waals surface area contributed by atoms with Gasteiger partial charge in [-0.2, -0.15) is 0 Å². The second-order valence-corrected chi connectivity index (χ2v) is 5.83. The topological polar surface area (TPSA) is 37.4 Å². The Labute approximate surface area is 96.2 Å². The molecule has 3 unspecified atom stereocenters. The number of likely N-dealkylation sites (tertiary alicyclic amines) is 1. The Balaban J connectivity index is 1.60. The number of Topliss-reactive ketones (excluding diaryl/α,β-unsaturated/α-hetero) is 1. The highest BCUT2D eigenvalue weighted by atomic mass is 16.2. The zero-order chi connectivity index (χ0) is 11.3. The smallest absolute Gasteiger partial charge is 0.225 e. The molecule has 0 N–H and O–H groups in total. The highest BCUT2D eigenvalue weighted by Gasteiger charge is 2.49. The van der Waals surface area contributed by atoms with Gasteiger partial charge in [0.15, 0.2) is 0 Å². The Morgan fingerprint density at radius 2 is 1.94 bits per heavy atom. The summed E-state index contributed by atoms with van der Waals surface area (Å²) in [6.07, 6.45) is 4.15. The van der Waals surface area contributed by atoms with Gasteiger partial charge < -0.3 is 4.90 Å². The van der Waals surface area contributed by atoms with Gasteiger partial charge in [-0.1, -0.05) is 6.92 Å². The summed E-state index contributed by atoms with van der Waals surface area (Å²) in [5, 5.41) is 0. The van der Waals surface area contributed by atoms with Crippen LogP contribution in [0.15, 0.2) is 0 Å². The standard InChI is InChI=1S/C13H19NO2/c1-8-7-14(3-2-12(8)15)13(16)11-5-9-4-10(9)6-11/h8-11H,2-7H2,1H3. The van der Waals surface area contributed by atoms with E-state index in [-0.39, 0.29) is 11.8 Å². The average Bonchev–Trinajstić information content (AvgIpc) is 2.89. The Hall–Kier alpha value is -0.860. The monoisotopic (exact) mass is 221 g/mol. The van der Waals surface area contributed by atoms with E-state index in [1.165, 1.54) is 6.42 Å². The summed E-state index contributed by atoms with van der Waals surface area (Å²) >= 11 is 0. The highest BCUT2D eigenvalue weighted by Crippen LogP contribution is 2.54. The van der Waals surface area contributed by atoms with Crippen LogP contribution in [-0.2, 0) is 9.59 Å². The zero-order valence-electron chi connectivity index (χ0n) is 9.82. The Bertz CT molecular complexity index is 329. The first-order valence-corrected chi connectivity index (χ1v) is 6.46. The second-order valence-electron chi connectivity index (χ2n) is 5.83. The first-order chi connectivity index (χ1) is 7.65. The molecule has 0 aromatic rings. The van der Waals surface area contributed by atoms with Gasteiger partial charge in [0.2, 0.25) is 5.91 Å². The van der Waals surface area contributed by atoms with Crippen LogP contribution in [0.2, 0.25) is 0 Å². The number of carbonyl (C=O) groups excluding carboxylic acids is 2. The van der Waals surface area contributed by atoms with Crippen LogP contribution in [0.25, 0.3) is 0 Å². The number of amides is 1. The maximum Gasteiger partial charge on any atom is 0.225 e. The van der Waals surface area contributed by atoms with Gasteiger partial charge in [0, 0.05) is 31.3 Å². The average molecular weight is 221 g/mol. The molecule has 1 amide bonds. The van der Waals surface area contributed by atoms with Crippen molar-refractivity contribution in [3.63, 3.8) is 0 Å². The fraction of sp³-hybridized carbons (Fsp3) is 0.846. The summed E-state index contributed by atoms with van der Waals surface area (Å²) in [7, 11) is 0. The van der Waals surface area contributed by atoms with Crippen LogP contribution in [0.4, 0.5) is 0 Å². The van der Waals surface area contributed by atoms with Crippen molar-refractivity contribution >= 4 is 11.7 Å². The van der Waals surface area contributed by atoms with E-state index in [9.17, 15) is 9.59 Å². The Kier molecular flexibility index (Phi) is 2.30. The minimum atomic E-state index is 0.0497. The van der Waals surface area contributed by atoms with Crippen LogP contribution in [0.3, 0.4) is 0 Å². The van der Waals surface area contributed by atoms with Crippen LogP contribution in [-0.4, -0.2) is 29.7 Å². The number of hydrogen-bond acceptors (Lipinski definition) is 2. The van der Waals surface area contributed by atoms with E-state index < -0.39 is 0 Å². The molecule has 88 valence electrons. The van der Waals surface area contributed by atoms with Crippen LogP contribution in [0, 0.1) is 23.7 Å². The van der Waals surface area contributed by atoms with Gasteiger partial charge in [0.25, 0.3) is 0 Å². The van der Waals surface area contributed by atoms with Crippen molar-refractivity contribution in [2.24, 2.45) is 23.7 Å². The van der Waals surface area contributed by atoms with Crippen molar-refractivity contribution in [3.05, 3.63) is 0 Å². The Morgan fingerprint density at radius 1 is 1.25 bits per heavy atom. The summed E-state index contributed by atoms with van der Waals surface area (Å²) < 4.78 is 0. The summed E-state index contributed by atoms with van der Waals surface area (Å²) in [6, 6.07) is 0. The molecule has 0 radical (unpaired) electrons. The number of ketones is 1. The van der Waals surface area contributed by atoms with Crippen molar-refractivity contribution in [2.45, 2.75) is 32.6 Å². The van der Waals surface area contributed by atoms with Crippen molar-refractivity contribution in [1.29, 1.82) is 0 Å². The second kappa shape index (κ2) is 3.57. The fourth-order valence-electron chi connectivity index (χ4n) is 3.39. The first-order valence-electron chi connectivity index (χ1n) is 6.46. The van der Waals surface area contributed by atoms with E-state index in [0.29, 0.717) is 31.2 Å². The number of fused-ring (bicyclic) bond motifs is 1. The predicted molar refractivity (Wildman–Crippen MR) is 59.7 cm³/mol. The molecular weight excluding hydrogens is 202 g/mol. The molecule has 3 aliphatic rings. The van der Waals surface area contributed by atoms with Crippen molar-refractivity contribution < 1.29 is 9.59 Å². The zero-order valence-corrected chi connectivity index (χ0v) is 9.82. The van der Waals surface area contributed by atoms with E-state index in [1.54, 1.807) is 0 Å². The quantitative estimate of drug-likeness (QED) is 0.672. The third kappa shape index (κ3) is 1.66. The van der Waals surface area contributed by atoms with Gasteiger partial charge in [-0.15, -0.1) is 0 Å². The van der Waals surface area contributed by atoms with E-state index in [1.807, 2.05) is 11.8 Å². The van der Waals surface area contributed by atoms with Gasteiger partial charge in [0.05, 0.1) is 0 Å². The molecule has 1 heterocycles. The number of piperidine rings is 1. The van der Waals surface area contributed by atoms with Crippen LogP contribution < -0.4 is 0 Å². The molecule has 3 fully saturated rings. The predicted octanol–water partition coefficient (Wildman–Crippen LogP) is 1.47. The van der Waals surface area contributed by atoms with Crippen LogP contribution >= 0.6 is 0 Å². The van der Waals surface area contributed by atoms with Crippen molar-refractivity contribution in [2.75, 3.05) is 13.1 Å². The van der Waals surface area contributed by atoms with Crippen LogP contribution in [0.5, 0.6) is 0 Å². The molecular formula is C13H19NO2. The molecule has 0 aromatic carbocycles. The van der Waals surface area contributed by atoms with Crippen molar-refractivity contribution in [1.82, 2.24) is 4.90 Å². The van der Waals surface area contributed by atoms with Gasteiger partial charge in [-0.25, -0.2) is 0 Å². The molecule has 2 aliphatic carbocycles. The number of rotatable bonds is 1. The molecule has 0 aromatic heterocycles. The summed E-state index contributed by atoms with van der Waals surface area (Å²) in [5.41, 5.74) is 0. The van der Waals surface area contributed by atoms with Gasteiger partial charge in [-0.3, -0.25) is 9.59 Å². The van der Waals surface area contributed by atoms with E-state index >= 15 is 0 Å². The maximum atomic E-state index is 12.2. The lowest BCUT2D eigenvalue weighted by molar-refractivity contribution is -0.140. The minimum absolute atomic E-state index is 0.0497. The highest BCUT2D eigenvalue weighted by molar-refractivity contribution is 5.86. The van der Waals surface area contributed by atoms with E-state index in [4.69, 9.17) is 0 Å².